The second-order valence-corrected chi connectivity index (χ2v) is 5.91. The largest absolute Gasteiger partial charge is 0.416 e. The van der Waals surface area contributed by atoms with Gasteiger partial charge in [0, 0.05) is 37.5 Å². The van der Waals surface area contributed by atoms with Crippen LogP contribution in [-0.4, -0.2) is 36.9 Å². The molecule has 0 saturated carbocycles. The van der Waals surface area contributed by atoms with Crippen LogP contribution in [0.5, 0.6) is 0 Å². The van der Waals surface area contributed by atoms with Crippen LogP contribution in [0.1, 0.15) is 31.7 Å². The molecule has 0 spiro atoms. The molecule has 1 aromatic carbocycles. The van der Waals surface area contributed by atoms with E-state index in [1.54, 1.807) is 12.1 Å². The van der Waals surface area contributed by atoms with Crippen molar-refractivity contribution in [3.8, 4) is 0 Å². The number of rotatable bonds is 6. The first-order valence-electron chi connectivity index (χ1n) is 7.69. The van der Waals surface area contributed by atoms with Crippen molar-refractivity contribution in [2.75, 3.05) is 24.6 Å². The van der Waals surface area contributed by atoms with Crippen LogP contribution in [-0.2, 0) is 6.18 Å². The predicted octanol–water partition coefficient (Wildman–Crippen LogP) is 3.03. The van der Waals surface area contributed by atoms with Gasteiger partial charge in [0.2, 0.25) is 0 Å². The minimum absolute atomic E-state index is 0.203. The molecule has 0 amide bonds. The number of nitrogens with zero attached hydrogens (tertiary/aromatic N) is 1. The number of aliphatic hydroxyl groups excluding tert-OH is 1. The second kappa shape index (κ2) is 7.33. The number of nitrogens with one attached hydrogen (secondary N) is 1. The van der Waals surface area contributed by atoms with Crippen molar-refractivity contribution in [3.63, 3.8) is 0 Å². The molecule has 1 aliphatic rings. The van der Waals surface area contributed by atoms with E-state index in [1.165, 1.54) is 0 Å². The molecule has 0 aromatic heterocycles. The summed E-state index contributed by atoms with van der Waals surface area (Å²) in [5.74, 6) is 0. The molecule has 22 heavy (non-hydrogen) atoms. The Kier molecular flexibility index (Phi) is 5.69. The molecule has 3 nitrogen and oxygen atoms in total. The van der Waals surface area contributed by atoms with E-state index >= 15 is 0 Å². The molecule has 124 valence electrons. The monoisotopic (exact) mass is 316 g/mol. The van der Waals surface area contributed by atoms with Crippen LogP contribution in [0.25, 0.3) is 0 Å². The van der Waals surface area contributed by atoms with E-state index in [4.69, 9.17) is 5.11 Å². The Bertz CT molecular complexity index is 461. The van der Waals surface area contributed by atoms with Crippen LogP contribution in [0.4, 0.5) is 18.9 Å². The third-order valence-corrected chi connectivity index (χ3v) is 4.06. The molecule has 1 aliphatic heterocycles. The quantitative estimate of drug-likeness (QED) is 0.847. The van der Waals surface area contributed by atoms with E-state index in [2.05, 4.69) is 17.1 Å². The van der Waals surface area contributed by atoms with Gasteiger partial charge in [-0.15, -0.1) is 0 Å². The van der Waals surface area contributed by atoms with Crippen molar-refractivity contribution in [3.05, 3.63) is 29.8 Å². The van der Waals surface area contributed by atoms with Crippen LogP contribution >= 0.6 is 0 Å². The van der Waals surface area contributed by atoms with Crippen LogP contribution in [0.3, 0.4) is 0 Å². The molecule has 2 N–H and O–H groups in total. The standard InChI is InChI=1S/C16H23F3N2O/c1-12(3-2-10-22)20-14-8-9-21(11-14)15-6-4-13(5-7-15)16(17,18)19/h4-7,12,14,20,22H,2-3,8-11H2,1H3/t12-,14+/m1/s1. The Morgan fingerprint density at radius 3 is 2.59 bits per heavy atom. The maximum Gasteiger partial charge on any atom is 0.416 e. The summed E-state index contributed by atoms with van der Waals surface area (Å²) in [6, 6.07) is 6.04. The highest BCUT2D eigenvalue weighted by Crippen LogP contribution is 2.31. The second-order valence-electron chi connectivity index (χ2n) is 5.91. The molecule has 1 aromatic rings. The zero-order valence-corrected chi connectivity index (χ0v) is 12.7. The van der Waals surface area contributed by atoms with E-state index in [1.807, 2.05) is 0 Å². The molecule has 1 heterocycles. The lowest BCUT2D eigenvalue weighted by molar-refractivity contribution is -0.137. The first-order valence-corrected chi connectivity index (χ1v) is 7.69. The van der Waals surface area contributed by atoms with Crippen LogP contribution < -0.4 is 10.2 Å². The fraction of sp³-hybridized carbons (Fsp3) is 0.625. The van der Waals surface area contributed by atoms with Crippen LogP contribution in [0.15, 0.2) is 24.3 Å². The first-order chi connectivity index (χ1) is 10.4. The smallest absolute Gasteiger partial charge is 0.396 e. The van der Waals surface area contributed by atoms with Crippen molar-refractivity contribution in [1.82, 2.24) is 5.32 Å². The van der Waals surface area contributed by atoms with Crippen molar-refractivity contribution < 1.29 is 18.3 Å². The zero-order chi connectivity index (χ0) is 16.2. The summed E-state index contributed by atoms with van der Waals surface area (Å²) in [5, 5.41) is 12.3. The van der Waals surface area contributed by atoms with E-state index in [9.17, 15) is 13.2 Å². The van der Waals surface area contributed by atoms with Gasteiger partial charge in [-0.25, -0.2) is 0 Å². The molecule has 0 bridgehead atoms. The van der Waals surface area contributed by atoms with Gasteiger partial charge in [0.15, 0.2) is 0 Å². The lowest BCUT2D eigenvalue weighted by Crippen LogP contribution is -2.38. The van der Waals surface area contributed by atoms with E-state index in [0.29, 0.717) is 12.1 Å². The molecular weight excluding hydrogens is 293 g/mol. The Balaban J connectivity index is 1.87. The van der Waals surface area contributed by atoms with Gasteiger partial charge in [0.25, 0.3) is 0 Å². The van der Waals surface area contributed by atoms with Crippen LogP contribution in [0.2, 0.25) is 0 Å². The lowest BCUT2D eigenvalue weighted by atomic mass is 10.1. The minimum Gasteiger partial charge on any atom is -0.396 e. The molecule has 1 fully saturated rings. The van der Waals surface area contributed by atoms with E-state index in [-0.39, 0.29) is 6.61 Å². The SMILES string of the molecule is C[C@H](CCCO)N[C@H]1CCN(c2ccc(C(F)(F)F)cc2)C1. The van der Waals surface area contributed by atoms with Gasteiger partial charge in [0.05, 0.1) is 5.56 Å². The highest BCUT2D eigenvalue weighted by atomic mass is 19.4. The first kappa shape index (κ1) is 17.1. The maximum absolute atomic E-state index is 12.6. The number of aliphatic hydroxyl groups is 1. The van der Waals surface area contributed by atoms with Gasteiger partial charge in [-0.2, -0.15) is 13.2 Å². The van der Waals surface area contributed by atoms with E-state index < -0.39 is 11.7 Å². The maximum atomic E-state index is 12.6. The van der Waals surface area contributed by atoms with Gasteiger partial charge >= 0.3 is 6.18 Å². The summed E-state index contributed by atoms with van der Waals surface area (Å²) in [6.07, 6.45) is -1.60. The average molecular weight is 316 g/mol. The molecule has 6 heteroatoms. The number of benzene rings is 1. The summed E-state index contributed by atoms with van der Waals surface area (Å²) < 4.78 is 37.7. The number of halogens is 3. The van der Waals surface area contributed by atoms with Crippen molar-refractivity contribution >= 4 is 5.69 Å². The normalized spacial score (nSPS) is 20.4. The fourth-order valence-electron chi connectivity index (χ4n) is 2.88. The average Bonchev–Trinajstić information content (AvgIpc) is 2.93. The van der Waals surface area contributed by atoms with Gasteiger partial charge in [-0.1, -0.05) is 0 Å². The molecule has 1 saturated heterocycles. The summed E-state index contributed by atoms with van der Waals surface area (Å²) in [7, 11) is 0. The van der Waals surface area contributed by atoms with Crippen molar-refractivity contribution in [1.29, 1.82) is 0 Å². The fourth-order valence-corrected chi connectivity index (χ4v) is 2.88. The van der Waals surface area contributed by atoms with E-state index in [0.717, 1.165) is 50.2 Å². The highest BCUT2D eigenvalue weighted by Gasteiger charge is 2.30. The lowest BCUT2D eigenvalue weighted by Gasteiger charge is -2.22. The molecule has 2 rings (SSSR count). The Hall–Kier alpha value is -1.27. The van der Waals surface area contributed by atoms with Gasteiger partial charge in [0.1, 0.15) is 0 Å². The van der Waals surface area contributed by atoms with Crippen LogP contribution in [0, 0.1) is 0 Å². The highest BCUT2D eigenvalue weighted by molar-refractivity contribution is 5.49. The minimum atomic E-state index is -4.28. The molecule has 0 radical (unpaired) electrons. The number of alkyl halides is 3. The topological polar surface area (TPSA) is 35.5 Å². The van der Waals surface area contributed by atoms with Gasteiger partial charge < -0.3 is 15.3 Å². The van der Waals surface area contributed by atoms with Gasteiger partial charge in [-0.05, 0) is 50.5 Å². The Labute approximate surface area is 129 Å². The number of anilines is 1. The number of hydrogen-bond acceptors (Lipinski definition) is 3. The summed E-state index contributed by atoms with van der Waals surface area (Å²) in [5.41, 5.74) is 0.225. The zero-order valence-electron chi connectivity index (χ0n) is 12.7. The third-order valence-electron chi connectivity index (χ3n) is 4.06. The third kappa shape index (κ3) is 4.61. The summed E-state index contributed by atoms with van der Waals surface area (Å²) >= 11 is 0. The Morgan fingerprint density at radius 1 is 1.32 bits per heavy atom. The molecule has 0 unspecified atom stereocenters. The Morgan fingerprint density at radius 2 is 2.00 bits per heavy atom. The summed E-state index contributed by atoms with van der Waals surface area (Å²) in [6.45, 7) is 3.94. The summed E-state index contributed by atoms with van der Waals surface area (Å²) in [4.78, 5) is 2.11. The molecule has 0 aliphatic carbocycles. The van der Waals surface area contributed by atoms with Crippen molar-refractivity contribution in [2.45, 2.75) is 44.4 Å². The molecule has 2 atom stereocenters. The number of hydrogen-bond donors (Lipinski definition) is 2. The predicted molar refractivity (Wildman–Crippen MR) is 81.0 cm³/mol. The van der Waals surface area contributed by atoms with Gasteiger partial charge in [-0.3, -0.25) is 0 Å². The van der Waals surface area contributed by atoms with Crippen molar-refractivity contribution in [2.24, 2.45) is 0 Å². The molecular formula is C16H23F3N2O.